The van der Waals surface area contributed by atoms with Crippen LogP contribution in [0.1, 0.15) is 32.1 Å². The molecule has 1 aromatic heterocycles. The van der Waals surface area contributed by atoms with Crippen LogP contribution in [0.4, 0.5) is 14.9 Å². The molecule has 3 aliphatic rings. The Morgan fingerprint density at radius 2 is 2.16 bits per heavy atom. The van der Waals surface area contributed by atoms with Gasteiger partial charge in [-0.25, -0.2) is 15.2 Å². The Morgan fingerprint density at radius 3 is 2.78 bits per heavy atom. The zero-order valence-corrected chi connectivity index (χ0v) is 17.6. The van der Waals surface area contributed by atoms with Crippen LogP contribution in [0.3, 0.4) is 0 Å². The number of likely N-dealkylation sites (tertiary alicyclic amines) is 1. The van der Waals surface area contributed by atoms with Crippen molar-refractivity contribution in [3.8, 4) is 6.07 Å². The number of carbonyl (C=O) groups excluding carboxylic acids is 2. The number of ether oxygens (including phenoxy) is 1. The highest BCUT2D eigenvalue weighted by atomic mass is 19.1. The number of anilines is 1. The fourth-order valence-corrected chi connectivity index (χ4v) is 4.03. The number of pyridine rings is 1. The van der Waals surface area contributed by atoms with E-state index in [1.54, 1.807) is 22.2 Å². The second kappa shape index (κ2) is 9.00. The first-order valence-electron chi connectivity index (χ1n) is 10.6. The number of primary amides is 1. The van der Waals surface area contributed by atoms with Crippen LogP contribution in [-0.2, 0) is 9.53 Å². The second-order valence-electron chi connectivity index (χ2n) is 8.46. The van der Waals surface area contributed by atoms with Gasteiger partial charge in [0.1, 0.15) is 6.17 Å². The zero-order chi connectivity index (χ0) is 22.7. The fraction of sp³-hybridized carbons (Fsp3) is 0.524. The van der Waals surface area contributed by atoms with Gasteiger partial charge >= 0.3 is 6.09 Å². The number of nitriles is 1. The third-order valence-corrected chi connectivity index (χ3v) is 6.18. The van der Waals surface area contributed by atoms with Crippen molar-refractivity contribution in [3.05, 3.63) is 36.1 Å². The molecule has 4 rings (SSSR count). The maximum Gasteiger partial charge on any atom is 0.409 e. The molecule has 0 spiro atoms. The minimum absolute atomic E-state index is 0.185. The highest BCUT2D eigenvalue weighted by Crippen LogP contribution is 2.35. The lowest BCUT2D eigenvalue weighted by Crippen LogP contribution is -2.59. The molecular weight excluding hydrogens is 417 g/mol. The minimum atomic E-state index is -0.702. The van der Waals surface area contributed by atoms with Gasteiger partial charge < -0.3 is 25.7 Å². The SMILES string of the molecule is N#CCC1(N2C=C(C(N)=O)C(Nc3ccnc(F)c3)N2)CCN(C(=O)OCC2CC2)CC1. The first kappa shape index (κ1) is 21.8. The van der Waals surface area contributed by atoms with Gasteiger partial charge in [-0.3, -0.25) is 4.79 Å². The molecule has 1 saturated carbocycles. The second-order valence-corrected chi connectivity index (χ2v) is 8.46. The summed E-state index contributed by atoms with van der Waals surface area (Å²) in [4.78, 5) is 29.6. The number of amides is 2. The maximum absolute atomic E-state index is 13.5. The summed E-state index contributed by atoms with van der Waals surface area (Å²) in [5.74, 6) is -0.803. The average molecular weight is 443 g/mol. The summed E-state index contributed by atoms with van der Waals surface area (Å²) in [5, 5.41) is 14.3. The van der Waals surface area contributed by atoms with E-state index < -0.39 is 23.6 Å². The van der Waals surface area contributed by atoms with Crippen molar-refractivity contribution in [2.24, 2.45) is 11.7 Å². The summed E-state index contributed by atoms with van der Waals surface area (Å²) in [6.07, 6.45) is 5.28. The fourth-order valence-electron chi connectivity index (χ4n) is 4.03. The standard InChI is InChI=1S/C21H26FN7O3/c22-17-11-15(3-8-25-17)26-19-16(18(24)30)12-29(27-19)21(4-7-23)5-9-28(10-6-21)20(31)32-13-14-1-2-14/h3,8,11-12,14,19,27H,1-2,4-6,9-10,13H2,(H2,24,30)(H,25,26). The molecule has 3 heterocycles. The number of hydrogen-bond acceptors (Lipinski definition) is 8. The van der Waals surface area contributed by atoms with Gasteiger partial charge in [0.2, 0.25) is 11.9 Å². The van der Waals surface area contributed by atoms with Gasteiger partial charge in [0, 0.05) is 37.2 Å². The molecule has 2 amide bonds. The van der Waals surface area contributed by atoms with E-state index in [9.17, 15) is 19.2 Å². The molecule has 170 valence electrons. The molecular formula is C21H26FN7O3. The number of rotatable bonds is 7. The monoisotopic (exact) mass is 443 g/mol. The van der Waals surface area contributed by atoms with Gasteiger partial charge in [-0.05, 0) is 37.7 Å². The molecule has 0 radical (unpaired) electrons. The van der Waals surface area contributed by atoms with Crippen LogP contribution in [0.2, 0.25) is 0 Å². The Balaban J connectivity index is 1.45. The van der Waals surface area contributed by atoms with Crippen LogP contribution in [-0.4, -0.2) is 58.3 Å². The predicted molar refractivity (Wildman–Crippen MR) is 112 cm³/mol. The Morgan fingerprint density at radius 1 is 1.41 bits per heavy atom. The lowest BCUT2D eigenvalue weighted by atomic mass is 9.84. The summed E-state index contributed by atoms with van der Waals surface area (Å²) in [6, 6.07) is 5.00. The Kier molecular flexibility index (Phi) is 6.14. The van der Waals surface area contributed by atoms with E-state index in [4.69, 9.17) is 10.5 Å². The number of hydrogen-bond donors (Lipinski definition) is 3. The summed E-state index contributed by atoms with van der Waals surface area (Å²) < 4.78 is 18.8. The number of aromatic nitrogens is 1. The molecule has 0 aromatic carbocycles. The smallest absolute Gasteiger partial charge is 0.409 e. The summed E-state index contributed by atoms with van der Waals surface area (Å²) >= 11 is 0. The molecule has 10 nitrogen and oxygen atoms in total. The van der Waals surface area contributed by atoms with Gasteiger partial charge in [0.15, 0.2) is 0 Å². The zero-order valence-electron chi connectivity index (χ0n) is 17.6. The average Bonchev–Trinajstić information content (AvgIpc) is 3.50. The van der Waals surface area contributed by atoms with Crippen LogP contribution in [0.5, 0.6) is 0 Å². The molecule has 11 heteroatoms. The lowest BCUT2D eigenvalue weighted by Gasteiger charge is -2.46. The van der Waals surface area contributed by atoms with Crippen molar-refractivity contribution in [3.63, 3.8) is 0 Å². The summed E-state index contributed by atoms with van der Waals surface area (Å²) in [6.45, 7) is 1.31. The molecule has 1 unspecified atom stereocenters. The summed E-state index contributed by atoms with van der Waals surface area (Å²) in [7, 11) is 0. The molecule has 1 aromatic rings. The molecule has 0 bridgehead atoms. The number of nitrogens with zero attached hydrogens (tertiary/aromatic N) is 4. The number of nitrogens with one attached hydrogen (secondary N) is 2. The third-order valence-electron chi connectivity index (χ3n) is 6.18. The van der Waals surface area contributed by atoms with Crippen molar-refractivity contribution in [2.75, 3.05) is 25.0 Å². The molecule has 1 aliphatic carbocycles. The van der Waals surface area contributed by atoms with Crippen molar-refractivity contribution in [2.45, 2.75) is 43.8 Å². The molecule has 1 saturated heterocycles. The number of nitrogens with two attached hydrogens (primary N) is 1. The molecule has 2 aliphatic heterocycles. The first-order chi connectivity index (χ1) is 15.4. The Bertz CT molecular complexity index is 951. The van der Waals surface area contributed by atoms with Gasteiger partial charge in [-0.15, -0.1) is 0 Å². The maximum atomic E-state index is 13.5. The first-order valence-corrected chi connectivity index (χ1v) is 10.6. The van der Waals surface area contributed by atoms with E-state index in [2.05, 4.69) is 21.8 Å². The van der Waals surface area contributed by atoms with Crippen molar-refractivity contribution in [1.29, 1.82) is 5.26 Å². The van der Waals surface area contributed by atoms with Crippen molar-refractivity contribution < 1.29 is 18.7 Å². The minimum Gasteiger partial charge on any atom is -0.449 e. The van der Waals surface area contributed by atoms with Gasteiger partial charge in [0.25, 0.3) is 0 Å². The Labute approximate surface area is 185 Å². The van der Waals surface area contributed by atoms with E-state index in [0.29, 0.717) is 44.1 Å². The topological polar surface area (TPSA) is 137 Å². The number of hydrazine groups is 1. The van der Waals surface area contributed by atoms with E-state index in [0.717, 1.165) is 12.8 Å². The molecule has 4 N–H and O–H groups in total. The number of halogens is 1. The summed E-state index contributed by atoms with van der Waals surface area (Å²) in [5.41, 5.74) is 8.79. The third kappa shape index (κ3) is 4.75. The van der Waals surface area contributed by atoms with Crippen LogP contribution in [0.25, 0.3) is 0 Å². The number of carbonyl (C=O) groups is 2. The predicted octanol–water partition coefficient (Wildman–Crippen LogP) is 1.44. The van der Waals surface area contributed by atoms with Crippen LogP contribution in [0, 0.1) is 23.2 Å². The largest absolute Gasteiger partial charge is 0.449 e. The van der Waals surface area contributed by atoms with Gasteiger partial charge in [-0.2, -0.15) is 9.65 Å². The van der Waals surface area contributed by atoms with E-state index in [1.807, 2.05) is 0 Å². The molecule has 32 heavy (non-hydrogen) atoms. The van der Waals surface area contributed by atoms with E-state index >= 15 is 0 Å². The lowest BCUT2D eigenvalue weighted by molar-refractivity contribution is -0.114. The molecule has 2 fully saturated rings. The van der Waals surface area contributed by atoms with Gasteiger partial charge in [0.05, 0.1) is 30.2 Å². The van der Waals surface area contributed by atoms with Crippen LogP contribution >= 0.6 is 0 Å². The van der Waals surface area contributed by atoms with Gasteiger partial charge in [-0.1, -0.05) is 0 Å². The highest BCUT2D eigenvalue weighted by molar-refractivity contribution is 5.94. The Hall–Kier alpha value is -3.39. The van der Waals surface area contributed by atoms with Crippen molar-refractivity contribution in [1.82, 2.24) is 20.3 Å². The number of piperidine rings is 1. The normalized spacial score (nSPS) is 22.1. The van der Waals surface area contributed by atoms with Crippen LogP contribution in [0.15, 0.2) is 30.1 Å². The van der Waals surface area contributed by atoms with Crippen molar-refractivity contribution >= 4 is 17.7 Å². The van der Waals surface area contributed by atoms with E-state index in [-0.39, 0.29) is 18.1 Å². The van der Waals surface area contributed by atoms with E-state index in [1.165, 1.54) is 12.3 Å². The van der Waals surface area contributed by atoms with Crippen LogP contribution < -0.4 is 16.5 Å². The quantitative estimate of drug-likeness (QED) is 0.539. The molecule has 1 atom stereocenters. The highest BCUT2D eigenvalue weighted by Gasteiger charge is 2.44.